The third-order valence-corrected chi connectivity index (χ3v) is 3.03. The van der Waals surface area contributed by atoms with Crippen molar-refractivity contribution in [2.24, 2.45) is 0 Å². The van der Waals surface area contributed by atoms with Crippen molar-refractivity contribution in [2.75, 3.05) is 0 Å². The van der Waals surface area contributed by atoms with E-state index in [0.29, 0.717) is 14.5 Å². The van der Waals surface area contributed by atoms with Crippen LogP contribution in [0.3, 0.4) is 0 Å². The standard InChI is InChI=1S/C8H11Se.ClHO4/c1-6-4-7(2)9-8(3)5-6;2-1(3,4)5/h4-5H,1-3H3;(H,2,3,4,5)/q+1;/p-1. The Morgan fingerprint density at radius 1 is 0.929 bits per heavy atom. The molecule has 0 aliphatic carbocycles. The molecule has 0 amide bonds. The zero-order valence-corrected chi connectivity index (χ0v) is 10.5. The average molecular weight is 286 g/mol. The molecular weight excluding hydrogens is 274 g/mol. The molecule has 6 heteroatoms. The molecule has 0 N–H and O–H groups in total. The van der Waals surface area contributed by atoms with Gasteiger partial charge < -0.3 is 0 Å². The van der Waals surface area contributed by atoms with Crippen molar-refractivity contribution in [1.82, 2.24) is 0 Å². The molecule has 0 saturated carbocycles. The van der Waals surface area contributed by atoms with Crippen molar-refractivity contribution in [3.05, 3.63) is 26.6 Å². The van der Waals surface area contributed by atoms with Gasteiger partial charge in [-0.25, -0.2) is 18.6 Å². The SMILES string of the molecule is Cc1cc(C)[se+]c(C)c1.[O-][Cl+3]([O-])([O-])[O-]. The summed E-state index contributed by atoms with van der Waals surface area (Å²) in [5.74, 6) is 0. The predicted octanol–water partition coefficient (Wildman–Crippen LogP) is -2.81. The third-order valence-electron chi connectivity index (χ3n) is 1.18. The van der Waals surface area contributed by atoms with Crippen molar-refractivity contribution in [2.45, 2.75) is 20.8 Å². The Morgan fingerprint density at radius 2 is 1.21 bits per heavy atom. The molecule has 0 spiro atoms. The average Bonchev–Trinajstić information content (AvgIpc) is 1.77. The smallest absolute Gasteiger partial charge is 0.112 e. The Bertz CT molecular complexity index is 241. The number of aryl methyl sites for hydroxylation is 3. The monoisotopic (exact) mass is 286 g/mol. The summed E-state index contributed by atoms with van der Waals surface area (Å²) >= 11 is 0.652. The first-order valence-electron chi connectivity index (χ1n) is 3.68. The molecule has 0 fully saturated rings. The summed E-state index contributed by atoms with van der Waals surface area (Å²) in [6.45, 7) is 6.57. The van der Waals surface area contributed by atoms with E-state index in [-0.39, 0.29) is 0 Å². The molecule has 0 aliphatic heterocycles. The van der Waals surface area contributed by atoms with Crippen LogP contribution in [0.4, 0.5) is 0 Å². The second kappa shape index (κ2) is 5.78. The maximum absolute atomic E-state index is 8.49. The zero-order chi connectivity index (χ0) is 11.4. The van der Waals surface area contributed by atoms with Crippen LogP contribution in [-0.2, 0) is 0 Å². The maximum Gasteiger partial charge on any atom is -0.112 e. The quantitative estimate of drug-likeness (QED) is 0.481. The Kier molecular flexibility index (Phi) is 5.78. The first kappa shape index (κ1) is 14.0. The van der Waals surface area contributed by atoms with E-state index in [1.54, 1.807) is 8.87 Å². The van der Waals surface area contributed by atoms with E-state index in [2.05, 4.69) is 32.9 Å². The molecular formula is C8H11ClO4Se. The predicted molar refractivity (Wildman–Crippen MR) is 42.0 cm³/mol. The summed E-state index contributed by atoms with van der Waals surface area (Å²) in [5.41, 5.74) is 1.40. The number of rotatable bonds is 0. The Morgan fingerprint density at radius 3 is 1.43 bits per heavy atom. The van der Waals surface area contributed by atoms with Gasteiger partial charge in [0.05, 0.1) is 0 Å². The van der Waals surface area contributed by atoms with E-state index >= 15 is 0 Å². The molecule has 0 saturated heterocycles. The van der Waals surface area contributed by atoms with Crippen LogP contribution in [0.2, 0.25) is 0 Å². The first-order valence-corrected chi connectivity index (χ1v) is 6.63. The van der Waals surface area contributed by atoms with Gasteiger partial charge in [-0.15, -0.1) is 10.2 Å². The maximum atomic E-state index is 8.49. The van der Waals surface area contributed by atoms with Gasteiger partial charge in [0.1, 0.15) is 0 Å². The minimum atomic E-state index is -4.94. The molecule has 0 unspecified atom stereocenters. The molecule has 0 radical (unpaired) electrons. The van der Waals surface area contributed by atoms with Crippen LogP contribution in [0, 0.1) is 31.0 Å². The minimum absolute atomic E-state index is 0.652. The van der Waals surface area contributed by atoms with Gasteiger partial charge in [-0.3, -0.25) is 0 Å². The van der Waals surface area contributed by atoms with E-state index in [1.807, 2.05) is 0 Å². The number of halogens is 1. The van der Waals surface area contributed by atoms with E-state index < -0.39 is 10.2 Å². The summed E-state index contributed by atoms with van der Waals surface area (Å²) in [6, 6.07) is 4.54. The molecule has 4 nitrogen and oxygen atoms in total. The molecule has 1 rings (SSSR count). The van der Waals surface area contributed by atoms with Crippen molar-refractivity contribution in [3.63, 3.8) is 0 Å². The first-order chi connectivity index (χ1) is 6.18. The Hall–Kier alpha value is -0.000519. The van der Waals surface area contributed by atoms with Gasteiger partial charge in [-0.2, -0.15) is 0 Å². The third kappa shape index (κ3) is 10.1. The Balaban J connectivity index is 0.000000292. The van der Waals surface area contributed by atoms with E-state index in [4.69, 9.17) is 18.6 Å². The van der Waals surface area contributed by atoms with Crippen molar-refractivity contribution >= 4 is 14.5 Å². The Labute approximate surface area is 90.9 Å². The fourth-order valence-corrected chi connectivity index (χ4v) is 3.09. The topological polar surface area (TPSA) is 92.2 Å². The van der Waals surface area contributed by atoms with Gasteiger partial charge in [0.2, 0.25) is 0 Å². The number of hydrogen-bond acceptors (Lipinski definition) is 4. The zero-order valence-electron chi connectivity index (χ0n) is 8.07. The molecule has 1 heterocycles. The fraction of sp³-hybridized carbons (Fsp3) is 0.375. The summed E-state index contributed by atoms with van der Waals surface area (Å²) < 4.78 is 37.1. The summed E-state index contributed by atoms with van der Waals surface area (Å²) in [7, 11) is -4.94. The minimum Gasteiger partial charge on any atom is -0.222 e. The molecule has 1 aromatic heterocycles. The van der Waals surface area contributed by atoms with Crippen LogP contribution in [0.1, 0.15) is 14.4 Å². The second-order valence-corrected chi connectivity index (χ2v) is 6.62. The van der Waals surface area contributed by atoms with Crippen LogP contribution in [-0.4, -0.2) is 14.5 Å². The largest absolute Gasteiger partial charge is 0.222 e. The van der Waals surface area contributed by atoms with Gasteiger partial charge in [0, 0.05) is 0 Å². The van der Waals surface area contributed by atoms with Gasteiger partial charge >= 0.3 is 61.8 Å². The molecule has 14 heavy (non-hydrogen) atoms. The van der Waals surface area contributed by atoms with Crippen molar-refractivity contribution in [3.8, 4) is 0 Å². The molecule has 0 atom stereocenters. The normalized spacial score (nSPS) is 10.5. The summed E-state index contributed by atoms with van der Waals surface area (Å²) in [5, 5.41) is 0. The summed E-state index contributed by atoms with van der Waals surface area (Å²) in [6.07, 6.45) is 0. The van der Waals surface area contributed by atoms with E-state index in [0.717, 1.165) is 0 Å². The fourth-order valence-electron chi connectivity index (χ4n) is 0.996. The second-order valence-electron chi connectivity index (χ2n) is 2.73. The molecule has 0 aliphatic rings. The van der Waals surface area contributed by atoms with Crippen LogP contribution in [0.25, 0.3) is 0 Å². The van der Waals surface area contributed by atoms with Crippen molar-refractivity contribution < 1.29 is 28.9 Å². The van der Waals surface area contributed by atoms with Crippen LogP contribution >= 0.6 is 0 Å². The number of hydrogen-bond donors (Lipinski definition) is 0. The van der Waals surface area contributed by atoms with Crippen molar-refractivity contribution in [1.29, 1.82) is 0 Å². The van der Waals surface area contributed by atoms with Crippen LogP contribution < -0.4 is 18.6 Å². The van der Waals surface area contributed by atoms with Crippen LogP contribution in [0.15, 0.2) is 12.1 Å². The van der Waals surface area contributed by atoms with Crippen LogP contribution in [0.5, 0.6) is 0 Å². The summed E-state index contributed by atoms with van der Waals surface area (Å²) in [4.78, 5) is 0. The van der Waals surface area contributed by atoms with E-state index in [9.17, 15) is 0 Å². The van der Waals surface area contributed by atoms with Gasteiger partial charge in [-0.1, -0.05) is 0 Å². The van der Waals surface area contributed by atoms with Gasteiger partial charge in [0.25, 0.3) is 0 Å². The van der Waals surface area contributed by atoms with Gasteiger partial charge in [0.15, 0.2) is 0 Å². The molecule has 1 aromatic rings. The van der Waals surface area contributed by atoms with Gasteiger partial charge in [-0.05, 0) is 0 Å². The molecule has 80 valence electrons. The molecule has 0 aromatic carbocycles. The van der Waals surface area contributed by atoms with E-state index in [1.165, 1.54) is 5.56 Å². The molecule has 0 bridgehead atoms.